The van der Waals surface area contributed by atoms with Crippen LogP contribution < -0.4 is 0 Å². The Morgan fingerprint density at radius 2 is 2.27 bits per heavy atom. The van der Waals surface area contributed by atoms with Gasteiger partial charge in [0.2, 0.25) is 0 Å². The number of carboxylic acids is 1. The minimum absolute atomic E-state index is 0.134. The molecule has 0 saturated heterocycles. The Hall–Kier alpha value is -1.35. The standard InChI is InChI=1S/C12H15NO2/c1-9-11-5-3-2-4-10(11)6-7-13(9)8-12(14)15/h2-5,9H,6-8H2,1H3,(H,14,15). The van der Waals surface area contributed by atoms with E-state index in [0.717, 1.165) is 13.0 Å². The topological polar surface area (TPSA) is 40.5 Å². The van der Waals surface area contributed by atoms with Gasteiger partial charge in [-0.3, -0.25) is 9.69 Å². The minimum atomic E-state index is -0.749. The molecule has 1 aromatic rings. The molecule has 0 aliphatic carbocycles. The van der Waals surface area contributed by atoms with E-state index in [4.69, 9.17) is 5.11 Å². The van der Waals surface area contributed by atoms with Crippen LogP contribution in [0.1, 0.15) is 24.1 Å². The molecule has 2 rings (SSSR count). The van der Waals surface area contributed by atoms with Gasteiger partial charge in [-0.15, -0.1) is 0 Å². The van der Waals surface area contributed by atoms with Crippen molar-refractivity contribution < 1.29 is 9.90 Å². The number of carbonyl (C=O) groups is 1. The monoisotopic (exact) mass is 205 g/mol. The van der Waals surface area contributed by atoms with E-state index >= 15 is 0 Å². The maximum absolute atomic E-state index is 10.7. The number of fused-ring (bicyclic) bond motifs is 1. The van der Waals surface area contributed by atoms with Crippen molar-refractivity contribution in [2.75, 3.05) is 13.1 Å². The lowest BCUT2D eigenvalue weighted by Crippen LogP contribution is -2.37. The molecule has 0 fully saturated rings. The number of carboxylic acid groups (broad SMARTS) is 1. The number of nitrogens with zero attached hydrogens (tertiary/aromatic N) is 1. The molecule has 3 nitrogen and oxygen atoms in total. The van der Waals surface area contributed by atoms with Gasteiger partial charge in [0.05, 0.1) is 6.54 Å². The van der Waals surface area contributed by atoms with E-state index in [1.165, 1.54) is 11.1 Å². The summed E-state index contributed by atoms with van der Waals surface area (Å²) in [7, 11) is 0. The second-order valence-electron chi connectivity index (χ2n) is 3.99. The Balaban J connectivity index is 2.22. The van der Waals surface area contributed by atoms with E-state index in [0.29, 0.717) is 0 Å². The smallest absolute Gasteiger partial charge is 0.317 e. The van der Waals surface area contributed by atoms with E-state index in [1.807, 2.05) is 17.0 Å². The van der Waals surface area contributed by atoms with Crippen LogP contribution in [0.15, 0.2) is 24.3 Å². The summed E-state index contributed by atoms with van der Waals surface area (Å²) < 4.78 is 0. The summed E-state index contributed by atoms with van der Waals surface area (Å²) in [4.78, 5) is 12.7. The SMILES string of the molecule is CC1c2ccccc2CCN1CC(=O)O. The first-order valence-corrected chi connectivity index (χ1v) is 5.22. The normalized spacial score (nSPS) is 21.0. The van der Waals surface area contributed by atoms with Crippen molar-refractivity contribution in [1.82, 2.24) is 4.90 Å². The van der Waals surface area contributed by atoms with E-state index in [1.54, 1.807) is 0 Å². The molecule has 0 saturated carbocycles. The Morgan fingerprint density at radius 1 is 1.53 bits per heavy atom. The van der Waals surface area contributed by atoms with E-state index in [9.17, 15) is 4.79 Å². The summed E-state index contributed by atoms with van der Waals surface area (Å²) in [5, 5.41) is 8.79. The van der Waals surface area contributed by atoms with Gasteiger partial charge < -0.3 is 5.11 Å². The average Bonchev–Trinajstić information content (AvgIpc) is 2.22. The van der Waals surface area contributed by atoms with Crippen LogP contribution in [0.5, 0.6) is 0 Å². The highest BCUT2D eigenvalue weighted by molar-refractivity contribution is 5.69. The van der Waals surface area contributed by atoms with Gasteiger partial charge in [-0.1, -0.05) is 24.3 Å². The molecular formula is C12H15NO2. The van der Waals surface area contributed by atoms with Gasteiger partial charge in [0.1, 0.15) is 0 Å². The zero-order valence-corrected chi connectivity index (χ0v) is 8.81. The van der Waals surface area contributed by atoms with Gasteiger partial charge in [-0.05, 0) is 24.5 Å². The highest BCUT2D eigenvalue weighted by atomic mass is 16.4. The fraction of sp³-hybridized carbons (Fsp3) is 0.417. The highest BCUT2D eigenvalue weighted by Crippen LogP contribution is 2.28. The minimum Gasteiger partial charge on any atom is -0.480 e. The molecule has 1 heterocycles. The van der Waals surface area contributed by atoms with Gasteiger partial charge in [0.25, 0.3) is 0 Å². The fourth-order valence-corrected chi connectivity index (χ4v) is 2.21. The molecule has 1 atom stereocenters. The molecule has 0 amide bonds. The van der Waals surface area contributed by atoms with Crippen LogP contribution >= 0.6 is 0 Å². The summed E-state index contributed by atoms with van der Waals surface area (Å²) in [5.74, 6) is -0.749. The summed E-state index contributed by atoms with van der Waals surface area (Å²) >= 11 is 0. The molecule has 1 unspecified atom stereocenters. The summed E-state index contributed by atoms with van der Waals surface area (Å²) in [6, 6.07) is 8.49. The zero-order chi connectivity index (χ0) is 10.8. The zero-order valence-electron chi connectivity index (χ0n) is 8.81. The molecule has 0 spiro atoms. The van der Waals surface area contributed by atoms with Crippen molar-refractivity contribution in [2.24, 2.45) is 0 Å². The number of hydrogen-bond acceptors (Lipinski definition) is 2. The number of benzene rings is 1. The molecule has 0 bridgehead atoms. The Bertz CT molecular complexity index is 376. The van der Waals surface area contributed by atoms with Crippen molar-refractivity contribution in [3.63, 3.8) is 0 Å². The Morgan fingerprint density at radius 3 is 3.00 bits per heavy atom. The average molecular weight is 205 g/mol. The van der Waals surface area contributed by atoms with Gasteiger partial charge in [-0.25, -0.2) is 0 Å². The lowest BCUT2D eigenvalue weighted by Gasteiger charge is -2.33. The van der Waals surface area contributed by atoms with Gasteiger partial charge in [0.15, 0.2) is 0 Å². The van der Waals surface area contributed by atoms with Crippen LogP contribution in [-0.2, 0) is 11.2 Å². The lowest BCUT2D eigenvalue weighted by atomic mass is 9.94. The molecular weight excluding hydrogens is 190 g/mol. The molecule has 15 heavy (non-hydrogen) atoms. The van der Waals surface area contributed by atoms with Crippen LogP contribution in [0.4, 0.5) is 0 Å². The number of aliphatic carboxylic acids is 1. The Labute approximate surface area is 89.3 Å². The largest absolute Gasteiger partial charge is 0.480 e. The molecule has 80 valence electrons. The second-order valence-corrected chi connectivity index (χ2v) is 3.99. The number of hydrogen-bond donors (Lipinski definition) is 1. The van der Waals surface area contributed by atoms with E-state index < -0.39 is 5.97 Å². The molecule has 1 N–H and O–H groups in total. The lowest BCUT2D eigenvalue weighted by molar-refractivity contribution is -0.139. The fourth-order valence-electron chi connectivity index (χ4n) is 2.21. The molecule has 1 aromatic carbocycles. The van der Waals surface area contributed by atoms with E-state index in [-0.39, 0.29) is 12.6 Å². The molecule has 0 aromatic heterocycles. The first-order chi connectivity index (χ1) is 7.18. The van der Waals surface area contributed by atoms with Crippen molar-refractivity contribution >= 4 is 5.97 Å². The third-order valence-electron chi connectivity index (χ3n) is 3.06. The first-order valence-electron chi connectivity index (χ1n) is 5.22. The van der Waals surface area contributed by atoms with Crippen molar-refractivity contribution in [3.05, 3.63) is 35.4 Å². The molecule has 0 radical (unpaired) electrons. The van der Waals surface area contributed by atoms with Crippen molar-refractivity contribution in [3.8, 4) is 0 Å². The van der Waals surface area contributed by atoms with Crippen LogP contribution in [0.3, 0.4) is 0 Å². The van der Waals surface area contributed by atoms with Gasteiger partial charge >= 0.3 is 5.97 Å². The van der Waals surface area contributed by atoms with Crippen molar-refractivity contribution in [2.45, 2.75) is 19.4 Å². The molecule has 1 aliphatic heterocycles. The highest BCUT2D eigenvalue weighted by Gasteiger charge is 2.24. The summed E-state index contributed by atoms with van der Waals surface area (Å²) in [5.41, 5.74) is 2.62. The van der Waals surface area contributed by atoms with E-state index in [2.05, 4.69) is 19.1 Å². The third-order valence-corrected chi connectivity index (χ3v) is 3.06. The molecule has 3 heteroatoms. The predicted octanol–water partition coefficient (Wildman–Crippen LogP) is 1.69. The van der Waals surface area contributed by atoms with Crippen LogP contribution in [0.25, 0.3) is 0 Å². The second kappa shape index (κ2) is 4.03. The number of rotatable bonds is 2. The maximum Gasteiger partial charge on any atom is 0.317 e. The quantitative estimate of drug-likeness (QED) is 0.798. The van der Waals surface area contributed by atoms with Crippen molar-refractivity contribution in [1.29, 1.82) is 0 Å². The summed E-state index contributed by atoms with van der Waals surface area (Å²) in [6.45, 7) is 3.04. The van der Waals surface area contributed by atoms with Gasteiger partial charge in [-0.2, -0.15) is 0 Å². The maximum atomic E-state index is 10.7. The van der Waals surface area contributed by atoms with Crippen LogP contribution in [0, 0.1) is 0 Å². The van der Waals surface area contributed by atoms with Gasteiger partial charge in [0, 0.05) is 12.6 Å². The van der Waals surface area contributed by atoms with Crippen LogP contribution in [0.2, 0.25) is 0 Å². The first kappa shape index (κ1) is 10.2. The third kappa shape index (κ3) is 2.02. The Kier molecular flexibility index (Phi) is 2.73. The molecule has 1 aliphatic rings. The summed E-state index contributed by atoms with van der Waals surface area (Å²) in [6.07, 6.45) is 0.952. The predicted molar refractivity (Wildman–Crippen MR) is 57.8 cm³/mol. The van der Waals surface area contributed by atoms with Crippen LogP contribution in [-0.4, -0.2) is 29.1 Å².